The molecule has 0 amide bonds. The Bertz CT molecular complexity index is 595. The van der Waals surface area contributed by atoms with Crippen molar-refractivity contribution in [3.8, 4) is 5.75 Å². The number of hydrogen-bond donors (Lipinski definition) is 2. The summed E-state index contributed by atoms with van der Waals surface area (Å²) in [5.41, 5.74) is 7.42. The number of rotatable bonds is 2. The van der Waals surface area contributed by atoms with Crippen molar-refractivity contribution in [3.63, 3.8) is 0 Å². The molecule has 1 aliphatic carbocycles. The Morgan fingerprint density at radius 2 is 2.25 bits per heavy atom. The summed E-state index contributed by atoms with van der Waals surface area (Å²) in [6.45, 7) is 2.72. The molecule has 3 rings (SSSR count). The van der Waals surface area contributed by atoms with E-state index < -0.39 is 0 Å². The highest BCUT2D eigenvalue weighted by molar-refractivity contribution is 6.32. The Kier molecular flexibility index (Phi) is 3.30. The molecule has 1 fully saturated rings. The van der Waals surface area contributed by atoms with E-state index >= 15 is 0 Å². The van der Waals surface area contributed by atoms with E-state index in [2.05, 4.69) is 10.1 Å². The molecular weight excluding hydrogens is 276 g/mol. The van der Waals surface area contributed by atoms with Crippen molar-refractivity contribution in [2.75, 3.05) is 6.54 Å². The molecule has 1 atom stereocenters. The number of guanidine groups is 1. The minimum atomic E-state index is 0.0688. The predicted octanol–water partition coefficient (Wildman–Crippen LogP) is 2.18. The van der Waals surface area contributed by atoms with Crippen LogP contribution in [-0.2, 0) is 0 Å². The van der Waals surface area contributed by atoms with E-state index in [0.29, 0.717) is 29.1 Å². The zero-order valence-corrected chi connectivity index (χ0v) is 12.0. The topological polar surface area (TPSA) is 74.2 Å². The smallest absolute Gasteiger partial charge is 0.212 e. The van der Waals surface area contributed by atoms with Crippen molar-refractivity contribution in [2.45, 2.75) is 25.8 Å². The number of hydrogen-bond acceptors (Lipinski definition) is 3. The molecular formula is C14H17ClN4O. The highest BCUT2D eigenvalue weighted by atomic mass is 35.5. The summed E-state index contributed by atoms with van der Waals surface area (Å²) >= 11 is 5.95. The molecule has 0 aromatic heterocycles. The minimum absolute atomic E-state index is 0.0688. The fourth-order valence-corrected chi connectivity index (χ4v) is 2.43. The highest BCUT2D eigenvalue weighted by Crippen LogP contribution is 2.31. The number of aromatic hydroxyl groups is 1. The first-order chi connectivity index (χ1) is 9.56. The van der Waals surface area contributed by atoms with Gasteiger partial charge in [-0.05, 0) is 25.0 Å². The van der Waals surface area contributed by atoms with Crippen molar-refractivity contribution < 1.29 is 5.11 Å². The summed E-state index contributed by atoms with van der Waals surface area (Å²) in [5, 5.41) is 16.6. The van der Waals surface area contributed by atoms with Crippen LogP contribution in [0.4, 0.5) is 0 Å². The van der Waals surface area contributed by atoms with Crippen molar-refractivity contribution in [1.29, 1.82) is 0 Å². The van der Waals surface area contributed by atoms with Gasteiger partial charge in [-0.2, -0.15) is 5.10 Å². The monoisotopic (exact) mass is 292 g/mol. The van der Waals surface area contributed by atoms with Crippen LogP contribution in [0, 0.1) is 5.92 Å². The van der Waals surface area contributed by atoms with Gasteiger partial charge in [0.1, 0.15) is 5.75 Å². The lowest BCUT2D eigenvalue weighted by Gasteiger charge is -2.12. The summed E-state index contributed by atoms with van der Waals surface area (Å²) in [6, 6.07) is 5.64. The molecule has 1 saturated carbocycles. The number of phenols is 1. The van der Waals surface area contributed by atoms with Gasteiger partial charge in [0, 0.05) is 11.5 Å². The minimum Gasteiger partial charge on any atom is -0.506 e. The Hall–Kier alpha value is -1.75. The Labute approximate surface area is 122 Å². The second-order valence-electron chi connectivity index (χ2n) is 5.32. The molecule has 0 bridgehead atoms. The maximum absolute atomic E-state index is 10.1. The molecule has 0 saturated heterocycles. The third kappa shape index (κ3) is 2.45. The van der Waals surface area contributed by atoms with Gasteiger partial charge >= 0.3 is 0 Å². The predicted molar refractivity (Wildman–Crippen MR) is 80.2 cm³/mol. The molecule has 2 aliphatic rings. The summed E-state index contributed by atoms with van der Waals surface area (Å²) in [6.07, 6.45) is 2.21. The maximum Gasteiger partial charge on any atom is 0.212 e. The summed E-state index contributed by atoms with van der Waals surface area (Å²) < 4.78 is 0. The van der Waals surface area contributed by atoms with Crippen LogP contribution in [0.1, 0.15) is 25.3 Å². The summed E-state index contributed by atoms with van der Waals surface area (Å²) in [5.74, 6) is 0.683. The first kappa shape index (κ1) is 13.2. The molecule has 1 aromatic rings. The van der Waals surface area contributed by atoms with Crippen molar-refractivity contribution in [1.82, 2.24) is 5.01 Å². The number of aliphatic imine (C=N–C) groups is 1. The fraction of sp³-hybridized carbons (Fsp3) is 0.429. The van der Waals surface area contributed by atoms with Crippen LogP contribution in [-0.4, -0.2) is 34.4 Å². The van der Waals surface area contributed by atoms with Gasteiger partial charge < -0.3 is 10.8 Å². The van der Waals surface area contributed by atoms with Gasteiger partial charge in [-0.3, -0.25) is 0 Å². The van der Waals surface area contributed by atoms with Gasteiger partial charge in [0.15, 0.2) is 0 Å². The van der Waals surface area contributed by atoms with E-state index in [9.17, 15) is 5.11 Å². The number of halogens is 1. The molecule has 6 heteroatoms. The zero-order valence-electron chi connectivity index (χ0n) is 11.3. The zero-order chi connectivity index (χ0) is 14.3. The van der Waals surface area contributed by atoms with Gasteiger partial charge in [-0.15, -0.1) is 0 Å². The van der Waals surface area contributed by atoms with Crippen LogP contribution in [0.2, 0.25) is 5.02 Å². The average Bonchev–Trinajstić information content (AvgIpc) is 3.14. The van der Waals surface area contributed by atoms with E-state index in [1.807, 2.05) is 13.0 Å². The molecule has 5 nitrogen and oxygen atoms in total. The second-order valence-corrected chi connectivity index (χ2v) is 5.73. The summed E-state index contributed by atoms with van der Waals surface area (Å²) in [7, 11) is 0. The Morgan fingerprint density at radius 3 is 2.95 bits per heavy atom. The quantitative estimate of drug-likeness (QED) is 0.648. The lowest BCUT2D eigenvalue weighted by Crippen LogP contribution is -2.33. The van der Waals surface area contributed by atoms with Gasteiger partial charge in [0.2, 0.25) is 5.96 Å². The third-order valence-corrected chi connectivity index (χ3v) is 3.84. The van der Waals surface area contributed by atoms with E-state index in [1.54, 1.807) is 17.1 Å². The molecule has 3 N–H and O–H groups in total. The van der Waals surface area contributed by atoms with Crippen molar-refractivity contribution >= 4 is 23.3 Å². The number of nitrogens with zero attached hydrogens (tertiary/aromatic N) is 3. The number of benzene rings is 1. The van der Waals surface area contributed by atoms with Crippen LogP contribution in [0.25, 0.3) is 0 Å². The van der Waals surface area contributed by atoms with Gasteiger partial charge in [-0.25, -0.2) is 10.0 Å². The Balaban J connectivity index is 1.90. The first-order valence-corrected chi connectivity index (χ1v) is 7.11. The van der Waals surface area contributed by atoms with Crippen LogP contribution >= 0.6 is 11.6 Å². The standard InChI is InChI=1S/C14H17ClN4O/c1-8-7-19(14(16)17-9-5-6-9)18-12(8)10-3-2-4-11(15)13(10)20/h2-4,8-9,20H,5-7H2,1H3,(H2,16,17). The van der Waals surface area contributed by atoms with Crippen molar-refractivity contribution in [3.05, 3.63) is 28.8 Å². The van der Waals surface area contributed by atoms with E-state index in [1.165, 1.54) is 0 Å². The van der Waals surface area contributed by atoms with Gasteiger partial charge in [-0.1, -0.05) is 24.6 Å². The highest BCUT2D eigenvalue weighted by Gasteiger charge is 2.29. The lowest BCUT2D eigenvalue weighted by atomic mass is 9.99. The summed E-state index contributed by atoms with van der Waals surface area (Å²) in [4.78, 5) is 4.40. The molecule has 0 spiro atoms. The normalized spacial score (nSPS) is 23.1. The van der Waals surface area contributed by atoms with Crippen LogP contribution in [0.5, 0.6) is 5.75 Å². The molecule has 106 valence electrons. The number of phenolic OH excluding ortho intramolecular Hbond substituents is 1. The molecule has 0 radical (unpaired) electrons. The number of hydrazone groups is 1. The number of para-hydroxylation sites is 1. The third-order valence-electron chi connectivity index (χ3n) is 3.53. The average molecular weight is 293 g/mol. The SMILES string of the molecule is CC1CN(C(N)=NC2CC2)N=C1c1cccc(Cl)c1O. The number of nitrogens with two attached hydrogens (primary N) is 1. The van der Waals surface area contributed by atoms with Crippen LogP contribution in [0.3, 0.4) is 0 Å². The van der Waals surface area contributed by atoms with E-state index in [4.69, 9.17) is 17.3 Å². The molecule has 1 aromatic carbocycles. The molecule has 1 heterocycles. The van der Waals surface area contributed by atoms with Crippen LogP contribution in [0.15, 0.2) is 28.3 Å². The largest absolute Gasteiger partial charge is 0.506 e. The first-order valence-electron chi connectivity index (χ1n) is 6.73. The van der Waals surface area contributed by atoms with Crippen molar-refractivity contribution in [2.24, 2.45) is 21.7 Å². The van der Waals surface area contributed by atoms with Gasteiger partial charge in [0.05, 0.1) is 23.3 Å². The maximum atomic E-state index is 10.1. The molecule has 1 aliphatic heterocycles. The fourth-order valence-electron chi connectivity index (χ4n) is 2.26. The molecule has 1 unspecified atom stereocenters. The van der Waals surface area contributed by atoms with Crippen LogP contribution < -0.4 is 5.73 Å². The van der Waals surface area contributed by atoms with E-state index in [-0.39, 0.29) is 11.7 Å². The Morgan fingerprint density at radius 1 is 1.50 bits per heavy atom. The molecule has 20 heavy (non-hydrogen) atoms. The van der Waals surface area contributed by atoms with Gasteiger partial charge in [0.25, 0.3) is 0 Å². The van der Waals surface area contributed by atoms with E-state index in [0.717, 1.165) is 18.6 Å². The lowest BCUT2D eigenvalue weighted by molar-refractivity contribution is 0.449. The second kappa shape index (κ2) is 4.98.